The maximum Gasteiger partial charge on any atom is 0.313 e. The Bertz CT molecular complexity index is 75.7. The molecule has 4 nitrogen and oxygen atoms in total. The van der Waals surface area contributed by atoms with E-state index in [0.717, 1.165) is 6.34 Å². The molecule has 0 aliphatic heterocycles. The number of hydrogen-bond acceptors (Lipinski definition) is 2. The van der Waals surface area contributed by atoms with Crippen LogP contribution in [0, 0.1) is 5.41 Å². The van der Waals surface area contributed by atoms with E-state index < -0.39 is 5.97 Å². The minimum atomic E-state index is -0.759. The van der Waals surface area contributed by atoms with Gasteiger partial charge in [0.15, 0.2) is 0 Å². The normalized spacial score (nSPS) is 6.12. The maximum atomic E-state index is 9.36. The van der Waals surface area contributed by atoms with E-state index in [2.05, 4.69) is 5.73 Å². The van der Waals surface area contributed by atoms with Gasteiger partial charge >= 0.3 is 5.97 Å². The Morgan fingerprint density at radius 1 is 2.00 bits per heavy atom. The first kappa shape index (κ1) is 10.6. The second-order valence-corrected chi connectivity index (χ2v) is 1.46. The van der Waals surface area contributed by atoms with Gasteiger partial charge in [0.2, 0.25) is 0 Å². The van der Waals surface area contributed by atoms with Gasteiger partial charge in [-0.1, -0.05) is 22.6 Å². The van der Waals surface area contributed by atoms with Gasteiger partial charge in [-0.15, -0.1) is 0 Å². The minimum absolute atomic E-state index is 0.192. The zero-order valence-corrected chi connectivity index (χ0v) is 6.25. The van der Waals surface area contributed by atoms with Crippen molar-refractivity contribution in [2.45, 2.75) is 0 Å². The molecule has 0 aromatic heterocycles. The predicted octanol–water partition coefficient (Wildman–Crippen LogP) is 0.0582. The average molecular weight is 230 g/mol. The van der Waals surface area contributed by atoms with Crippen LogP contribution in [0.5, 0.6) is 0 Å². The molecule has 0 fully saturated rings. The van der Waals surface area contributed by atoms with Crippen molar-refractivity contribution in [3.05, 3.63) is 0 Å². The zero-order valence-electron chi connectivity index (χ0n) is 4.10. The van der Waals surface area contributed by atoms with Gasteiger partial charge < -0.3 is 10.8 Å². The van der Waals surface area contributed by atoms with Crippen LogP contribution in [-0.4, -0.2) is 21.8 Å². The Kier molecular flexibility index (Phi) is 13.0. The molecule has 0 radical (unpaired) electrons. The first-order valence-electron chi connectivity index (χ1n) is 1.67. The third-order valence-corrected chi connectivity index (χ3v) is 0.767. The van der Waals surface area contributed by atoms with E-state index in [4.69, 9.17) is 10.5 Å². The molecule has 0 atom stereocenters. The fourth-order valence-corrected chi connectivity index (χ4v) is 0. The van der Waals surface area contributed by atoms with Gasteiger partial charge in [-0.2, -0.15) is 0 Å². The molecule has 0 saturated heterocycles. The lowest BCUT2D eigenvalue weighted by Crippen LogP contribution is -1.91. The molecular formula is C3H7IN2O2. The van der Waals surface area contributed by atoms with Gasteiger partial charge in [0.25, 0.3) is 0 Å². The highest BCUT2D eigenvalue weighted by atomic mass is 127. The minimum Gasteiger partial charge on any atom is -0.481 e. The molecule has 0 aromatic carbocycles. The van der Waals surface area contributed by atoms with Crippen LogP contribution in [0.3, 0.4) is 0 Å². The third-order valence-electron chi connectivity index (χ3n) is 0.114. The van der Waals surface area contributed by atoms with Crippen LogP contribution in [0.25, 0.3) is 0 Å². The summed E-state index contributed by atoms with van der Waals surface area (Å²) >= 11 is 1.78. The summed E-state index contributed by atoms with van der Waals surface area (Å²) in [4.78, 5) is 9.36. The van der Waals surface area contributed by atoms with Crippen molar-refractivity contribution >= 4 is 34.9 Å². The van der Waals surface area contributed by atoms with Crippen molar-refractivity contribution in [2.75, 3.05) is 4.43 Å². The maximum absolute atomic E-state index is 9.36. The van der Waals surface area contributed by atoms with Crippen molar-refractivity contribution in [3.8, 4) is 0 Å². The number of nitrogens with two attached hydrogens (primary N) is 1. The fraction of sp³-hybridized carbons (Fsp3) is 0.333. The second-order valence-electron chi connectivity index (χ2n) is 0.694. The Balaban J connectivity index is 0. The molecule has 0 aliphatic carbocycles. The molecule has 0 saturated carbocycles. The first-order chi connectivity index (χ1) is 3.68. The van der Waals surface area contributed by atoms with Crippen molar-refractivity contribution in [1.82, 2.24) is 0 Å². The van der Waals surface area contributed by atoms with Crippen LogP contribution >= 0.6 is 22.6 Å². The molecule has 8 heavy (non-hydrogen) atoms. The third kappa shape index (κ3) is 44.3. The Morgan fingerprint density at radius 2 is 2.12 bits per heavy atom. The largest absolute Gasteiger partial charge is 0.481 e. The van der Waals surface area contributed by atoms with E-state index in [1.807, 2.05) is 0 Å². The van der Waals surface area contributed by atoms with E-state index in [0.29, 0.717) is 0 Å². The van der Waals surface area contributed by atoms with E-state index in [1.54, 1.807) is 22.6 Å². The number of hydrogen-bond donors (Lipinski definition) is 3. The SMILES string of the molecule is N=CN.O=C(O)CI. The van der Waals surface area contributed by atoms with E-state index in [1.165, 1.54) is 0 Å². The molecule has 0 aliphatic rings. The standard InChI is InChI=1S/C2H3IO2.CH4N2/c3-1-2(4)5;2-1-3/h1H2,(H,4,5);1H,(H3,2,3). The van der Waals surface area contributed by atoms with Crippen LogP contribution < -0.4 is 5.73 Å². The van der Waals surface area contributed by atoms with Crippen LogP contribution in [0.15, 0.2) is 0 Å². The smallest absolute Gasteiger partial charge is 0.313 e. The molecule has 0 heterocycles. The Labute approximate surface area is 60.7 Å². The van der Waals surface area contributed by atoms with Crippen LogP contribution in [0.2, 0.25) is 0 Å². The number of aliphatic carboxylic acids is 1. The number of carboxylic acid groups (broad SMARTS) is 1. The number of rotatable bonds is 1. The van der Waals surface area contributed by atoms with Gasteiger partial charge in [-0.3, -0.25) is 10.2 Å². The predicted molar refractivity (Wildman–Crippen MR) is 39.5 cm³/mol. The molecule has 0 aromatic rings. The summed E-state index contributed by atoms with van der Waals surface area (Å²) in [5.74, 6) is -0.759. The topological polar surface area (TPSA) is 87.2 Å². The van der Waals surface area contributed by atoms with Crippen molar-refractivity contribution in [2.24, 2.45) is 5.73 Å². The summed E-state index contributed by atoms with van der Waals surface area (Å²) in [5, 5.41) is 13.6. The molecule has 4 N–H and O–H groups in total. The van der Waals surface area contributed by atoms with E-state index in [-0.39, 0.29) is 4.43 Å². The van der Waals surface area contributed by atoms with Crippen LogP contribution in [0.4, 0.5) is 0 Å². The second kappa shape index (κ2) is 9.83. The van der Waals surface area contributed by atoms with Gasteiger partial charge in [-0.25, -0.2) is 0 Å². The lowest BCUT2D eigenvalue weighted by Gasteiger charge is -1.70. The van der Waals surface area contributed by atoms with E-state index >= 15 is 0 Å². The number of nitrogens with one attached hydrogen (secondary N) is 1. The molecule has 5 heteroatoms. The zero-order chi connectivity index (χ0) is 6.99. The molecule has 0 bridgehead atoms. The molecule has 0 unspecified atom stereocenters. The van der Waals surface area contributed by atoms with Crippen molar-refractivity contribution in [3.63, 3.8) is 0 Å². The summed E-state index contributed by atoms with van der Waals surface area (Å²) in [7, 11) is 0. The lowest BCUT2D eigenvalue weighted by molar-refractivity contribution is -0.133. The fourth-order valence-electron chi connectivity index (χ4n) is 0. The van der Waals surface area contributed by atoms with Gasteiger partial charge in [0.1, 0.15) is 0 Å². The highest BCUT2D eigenvalue weighted by Gasteiger charge is 1.82. The van der Waals surface area contributed by atoms with Crippen LogP contribution in [0.1, 0.15) is 0 Å². The van der Waals surface area contributed by atoms with Gasteiger partial charge in [0, 0.05) is 0 Å². The number of carbonyl (C=O) groups is 1. The lowest BCUT2D eigenvalue weighted by atomic mass is 10.9. The van der Waals surface area contributed by atoms with Gasteiger partial charge in [-0.05, 0) is 0 Å². The van der Waals surface area contributed by atoms with Crippen LogP contribution in [-0.2, 0) is 4.79 Å². The summed E-state index contributed by atoms with van der Waals surface area (Å²) in [5.41, 5.74) is 4.39. The molecular weight excluding hydrogens is 223 g/mol. The Morgan fingerprint density at radius 3 is 2.12 bits per heavy atom. The van der Waals surface area contributed by atoms with E-state index in [9.17, 15) is 4.79 Å². The first-order valence-corrected chi connectivity index (χ1v) is 3.20. The number of alkyl halides is 1. The van der Waals surface area contributed by atoms with Crippen molar-refractivity contribution in [1.29, 1.82) is 5.41 Å². The average Bonchev–Trinajstić information content (AvgIpc) is 1.69. The highest BCUT2D eigenvalue weighted by Crippen LogP contribution is 1.75. The molecule has 0 spiro atoms. The highest BCUT2D eigenvalue weighted by molar-refractivity contribution is 14.1. The summed E-state index contributed by atoms with van der Waals surface area (Å²) in [6.45, 7) is 0. The monoisotopic (exact) mass is 230 g/mol. The number of carboxylic acids is 1. The summed E-state index contributed by atoms with van der Waals surface area (Å²) < 4.78 is 0.192. The number of halogens is 1. The van der Waals surface area contributed by atoms with Crippen molar-refractivity contribution < 1.29 is 9.90 Å². The molecule has 0 rings (SSSR count). The summed E-state index contributed by atoms with van der Waals surface area (Å²) in [6, 6.07) is 0. The Hall–Kier alpha value is -0.330. The quantitative estimate of drug-likeness (QED) is 0.257. The molecule has 0 amide bonds. The summed E-state index contributed by atoms with van der Waals surface area (Å²) in [6.07, 6.45) is 0.750. The van der Waals surface area contributed by atoms with Gasteiger partial charge in [0.05, 0.1) is 10.8 Å². The molecule has 48 valence electrons.